The highest BCUT2D eigenvalue weighted by molar-refractivity contribution is 5.00. The van der Waals surface area contributed by atoms with Crippen molar-refractivity contribution in [2.45, 2.75) is 25.8 Å². The van der Waals surface area contributed by atoms with E-state index in [0.717, 1.165) is 12.1 Å². The van der Waals surface area contributed by atoms with Gasteiger partial charge in [0.15, 0.2) is 0 Å². The maximum absolute atomic E-state index is 12.0. The molecule has 1 aromatic rings. The molecule has 0 fully saturated rings. The van der Waals surface area contributed by atoms with Crippen molar-refractivity contribution < 1.29 is 8.78 Å². The van der Waals surface area contributed by atoms with Gasteiger partial charge in [0.25, 0.3) is 6.43 Å². The average Bonchev–Trinajstić information content (AvgIpc) is 2.48. The zero-order valence-corrected chi connectivity index (χ0v) is 7.29. The molecule has 1 aromatic heterocycles. The van der Waals surface area contributed by atoms with Gasteiger partial charge in [0.1, 0.15) is 6.54 Å². The maximum Gasteiger partial charge on any atom is 0.257 e. The number of aromatic nitrogens is 2. The Morgan fingerprint density at radius 2 is 2.31 bits per heavy atom. The van der Waals surface area contributed by atoms with E-state index in [-0.39, 0.29) is 6.54 Å². The van der Waals surface area contributed by atoms with Crippen molar-refractivity contribution in [1.29, 1.82) is 0 Å². The van der Waals surface area contributed by atoms with E-state index in [1.165, 1.54) is 10.9 Å². The summed E-state index contributed by atoms with van der Waals surface area (Å²) in [5.74, 6) is 0. The summed E-state index contributed by atoms with van der Waals surface area (Å²) in [6.07, 6.45) is 0.698. The molecule has 0 atom stereocenters. The zero-order valence-electron chi connectivity index (χ0n) is 7.29. The number of nitrogens with zero attached hydrogens (tertiary/aromatic N) is 2. The first-order valence-electron chi connectivity index (χ1n) is 4.23. The van der Waals surface area contributed by atoms with Crippen molar-refractivity contribution >= 4 is 0 Å². The smallest absolute Gasteiger partial charge is 0.257 e. The van der Waals surface area contributed by atoms with Gasteiger partial charge in [0.05, 0.1) is 0 Å². The molecule has 1 rings (SSSR count). The molecule has 0 saturated heterocycles. The van der Waals surface area contributed by atoms with Crippen molar-refractivity contribution in [3.05, 3.63) is 18.0 Å². The predicted octanol–water partition coefficient (Wildman–Crippen LogP) is 1.04. The molecule has 74 valence electrons. The summed E-state index contributed by atoms with van der Waals surface area (Å²) in [6, 6.07) is 1.75. The van der Waals surface area contributed by atoms with Gasteiger partial charge in [-0.1, -0.05) is 0 Å². The summed E-state index contributed by atoms with van der Waals surface area (Å²) >= 11 is 0. The molecule has 0 unspecified atom stereocenters. The first kappa shape index (κ1) is 10.1. The summed E-state index contributed by atoms with van der Waals surface area (Å²) in [7, 11) is 0. The van der Waals surface area contributed by atoms with Crippen LogP contribution in [0.2, 0.25) is 0 Å². The normalized spacial score (nSPS) is 11.1. The van der Waals surface area contributed by atoms with E-state index in [0.29, 0.717) is 13.0 Å². The fraction of sp³-hybridized carbons (Fsp3) is 0.625. The van der Waals surface area contributed by atoms with Crippen LogP contribution >= 0.6 is 0 Å². The molecule has 1 heterocycles. The highest BCUT2D eigenvalue weighted by atomic mass is 19.3. The Morgan fingerprint density at radius 1 is 1.54 bits per heavy atom. The molecule has 0 amide bonds. The van der Waals surface area contributed by atoms with E-state index in [1.54, 1.807) is 6.07 Å². The monoisotopic (exact) mass is 189 g/mol. The van der Waals surface area contributed by atoms with Crippen molar-refractivity contribution in [3.8, 4) is 0 Å². The summed E-state index contributed by atoms with van der Waals surface area (Å²) in [5, 5.41) is 3.81. The van der Waals surface area contributed by atoms with E-state index in [4.69, 9.17) is 5.73 Å². The van der Waals surface area contributed by atoms with Gasteiger partial charge in [-0.05, 0) is 25.5 Å². The standard InChI is InChI=1S/C8H13F2N3/c9-8(10)6-13-7(2-1-4-11)3-5-12-13/h3,5,8H,1-2,4,6,11H2. The number of alkyl halides is 2. The molecule has 0 aliphatic rings. The fourth-order valence-corrected chi connectivity index (χ4v) is 1.15. The highest BCUT2D eigenvalue weighted by Crippen LogP contribution is 2.05. The van der Waals surface area contributed by atoms with Crippen LogP contribution in [0, 0.1) is 0 Å². The molecule has 13 heavy (non-hydrogen) atoms. The third-order valence-corrected chi connectivity index (χ3v) is 1.75. The Bertz CT molecular complexity index is 247. The van der Waals surface area contributed by atoms with E-state index >= 15 is 0 Å². The quantitative estimate of drug-likeness (QED) is 0.752. The number of nitrogens with two attached hydrogens (primary N) is 1. The predicted molar refractivity (Wildman–Crippen MR) is 45.6 cm³/mol. The molecule has 3 nitrogen and oxygen atoms in total. The lowest BCUT2D eigenvalue weighted by molar-refractivity contribution is 0.120. The highest BCUT2D eigenvalue weighted by Gasteiger charge is 2.07. The lowest BCUT2D eigenvalue weighted by Gasteiger charge is -2.05. The topological polar surface area (TPSA) is 43.8 Å². The molecule has 0 aliphatic heterocycles. The molecule has 0 radical (unpaired) electrons. The van der Waals surface area contributed by atoms with Crippen LogP contribution in [0.1, 0.15) is 12.1 Å². The second kappa shape index (κ2) is 4.91. The lowest BCUT2D eigenvalue weighted by atomic mass is 10.2. The second-order valence-corrected chi connectivity index (χ2v) is 2.79. The van der Waals surface area contributed by atoms with Gasteiger partial charge in [-0.25, -0.2) is 8.78 Å². The SMILES string of the molecule is NCCCc1ccnn1CC(F)F. The first-order valence-corrected chi connectivity index (χ1v) is 4.23. The third-order valence-electron chi connectivity index (χ3n) is 1.75. The third kappa shape index (κ3) is 3.10. The Labute approximate surface area is 75.5 Å². The molecular formula is C8H13F2N3. The van der Waals surface area contributed by atoms with Crippen LogP contribution < -0.4 is 5.73 Å². The van der Waals surface area contributed by atoms with Gasteiger partial charge in [-0.15, -0.1) is 0 Å². The lowest BCUT2D eigenvalue weighted by Crippen LogP contribution is -2.12. The van der Waals surface area contributed by atoms with Crippen molar-refractivity contribution in [3.63, 3.8) is 0 Å². The van der Waals surface area contributed by atoms with Crippen molar-refractivity contribution in [1.82, 2.24) is 9.78 Å². The van der Waals surface area contributed by atoms with E-state index in [1.807, 2.05) is 0 Å². The first-order chi connectivity index (χ1) is 6.24. The molecule has 0 saturated carbocycles. The van der Waals surface area contributed by atoms with Crippen molar-refractivity contribution in [2.24, 2.45) is 5.73 Å². The van der Waals surface area contributed by atoms with Crippen LogP contribution in [0.15, 0.2) is 12.3 Å². The van der Waals surface area contributed by atoms with Gasteiger partial charge in [0, 0.05) is 11.9 Å². The second-order valence-electron chi connectivity index (χ2n) is 2.79. The van der Waals surface area contributed by atoms with Crippen LogP contribution in [0.3, 0.4) is 0 Å². The van der Waals surface area contributed by atoms with E-state index in [2.05, 4.69) is 5.10 Å². The Kier molecular flexibility index (Phi) is 3.82. The molecule has 2 N–H and O–H groups in total. The Balaban J connectivity index is 2.55. The van der Waals surface area contributed by atoms with Crippen LogP contribution in [-0.2, 0) is 13.0 Å². The van der Waals surface area contributed by atoms with Crippen LogP contribution in [-0.4, -0.2) is 22.8 Å². The molecule has 0 aromatic carbocycles. The number of hydrogen-bond donors (Lipinski definition) is 1. The minimum atomic E-state index is -2.35. The van der Waals surface area contributed by atoms with Crippen LogP contribution in [0.25, 0.3) is 0 Å². The van der Waals surface area contributed by atoms with Gasteiger partial charge < -0.3 is 5.73 Å². The minimum Gasteiger partial charge on any atom is -0.330 e. The Hall–Kier alpha value is -0.970. The van der Waals surface area contributed by atoms with Crippen LogP contribution in [0.5, 0.6) is 0 Å². The Morgan fingerprint density at radius 3 is 2.92 bits per heavy atom. The summed E-state index contributed by atoms with van der Waals surface area (Å²) in [5.41, 5.74) is 6.14. The number of aryl methyl sites for hydroxylation is 1. The van der Waals surface area contributed by atoms with Gasteiger partial charge in [-0.3, -0.25) is 4.68 Å². The molecule has 5 heteroatoms. The fourth-order valence-electron chi connectivity index (χ4n) is 1.15. The van der Waals surface area contributed by atoms with Gasteiger partial charge >= 0.3 is 0 Å². The number of halogens is 2. The molecule has 0 bridgehead atoms. The summed E-state index contributed by atoms with van der Waals surface area (Å²) in [4.78, 5) is 0. The number of rotatable bonds is 5. The largest absolute Gasteiger partial charge is 0.330 e. The van der Waals surface area contributed by atoms with Crippen molar-refractivity contribution in [2.75, 3.05) is 6.54 Å². The van der Waals surface area contributed by atoms with Crippen LogP contribution in [0.4, 0.5) is 8.78 Å². The number of hydrogen-bond acceptors (Lipinski definition) is 2. The average molecular weight is 189 g/mol. The summed E-state index contributed by atoms with van der Waals surface area (Å²) in [6.45, 7) is 0.243. The van der Waals surface area contributed by atoms with Gasteiger partial charge in [0.2, 0.25) is 0 Å². The van der Waals surface area contributed by atoms with Gasteiger partial charge in [-0.2, -0.15) is 5.10 Å². The van der Waals surface area contributed by atoms with E-state index < -0.39 is 6.43 Å². The molecule has 0 spiro atoms. The molecular weight excluding hydrogens is 176 g/mol. The zero-order chi connectivity index (χ0) is 9.68. The minimum absolute atomic E-state index is 0.326. The summed E-state index contributed by atoms with van der Waals surface area (Å²) < 4.78 is 25.4. The maximum atomic E-state index is 12.0. The molecule has 0 aliphatic carbocycles. The van der Waals surface area contributed by atoms with E-state index in [9.17, 15) is 8.78 Å².